The van der Waals surface area contributed by atoms with Gasteiger partial charge in [-0.1, -0.05) is 43.7 Å². The van der Waals surface area contributed by atoms with Crippen molar-refractivity contribution in [3.8, 4) is 16.9 Å². The zero-order valence-electron chi connectivity index (χ0n) is 12.6. The molecule has 2 aromatic rings. The first-order valence-corrected chi connectivity index (χ1v) is 7.36. The molecule has 0 amide bonds. The van der Waals surface area contributed by atoms with Gasteiger partial charge >= 0.3 is 0 Å². The van der Waals surface area contributed by atoms with Crippen molar-refractivity contribution >= 4 is 5.84 Å². The zero-order chi connectivity index (χ0) is 15.2. The van der Waals surface area contributed by atoms with Gasteiger partial charge in [0.2, 0.25) is 0 Å². The first-order valence-electron chi connectivity index (χ1n) is 7.36. The Bertz CT molecular complexity index is 618. The number of hydrogen-bond donors (Lipinski definition) is 2. The third-order valence-electron chi connectivity index (χ3n) is 3.41. The van der Waals surface area contributed by atoms with Gasteiger partial charge in [-0.15, -0.1) is 0 Å². The van der Waals surface area contributed by atoms with E-state index in [9.17, 15) is 0 Å². The molecule has 2 aromatic carbocycles. The van der Waals surface area contributed by atoms with Crippen LogP contribution in [-0.4, -0.2) is 12.4 Å². The molecule has 21 heavy (non-hydrogen) atoms. The van der Waals surface area contributed by atoms with E-state index in [2.05, 4.69) is 19.1 Å². The Labute approximate surface area is 126 Å². The Morgan fingerprint density at radius 3 is 2.29 bits per heavy atom. The maximum absolute atomic E-state index is 7.43. The molecule has 2 rings (SSSR count). The van der Waals surface area contributed by atoms with Gasteiger partial charge < -0.3 is 10.5 Å². The molecule has 3 N–H and O–H groups in total. The average molecular weight is 282 g/mol. The Kier molecular flexibility index (Phi) is 4.99. The predicted octanol–water partition coefficient (Wildman–Crippen LogP) is 3.99. The molecule has 0 fully saturated rings. The first-order chi connectivity index (χ1) is 10.2. The number of nitrogen functional groups attached to an aromatic ring is 1. The minimum atomic E-state index is 0.0971. The fourth-order valence-corrected chi connectivity index (χ4v) is 2.36. The minimum Gasteiger partial charge on any atom is -0.494 e. The van der Waals surface area contributed by atoms with E-state index in [-0.39, 0.29) is 5.84 Å². The van der Waals surface area contributed by atoms with Crippen molar-refractivity contribution in [2.45, 2.75) is 26.7 Å². The minimum absolute atomic E-state index is 0.0971. The number of rotatable bonds is 6. The Morgan fingerprint density at radius 1 is 1.05 bits per heavy atom. The molecule has 0 aliphatic carbocycles. The molecular weight excluding hydrogens is 260 g/mol. The molecule has 110 valence electrons. The van der Waals surface area contributed by atoms with Crippen LogP contribution in [0.15, 0.2) is 42.5 Å². The highest BCUT2D eigenvalue weighted by molar-refractivity contribution is 5.95. The Balaban J connectivity index is 2.34. The maximum atomic E-state index is 7.43. The van der Waals surface area contributed by atoms with Crippen molar-refractivity contribution in [1.29, 1.82) is 5.41 Å². The van der Waals surface area contributed by atoms with Crippen LogP contribution < -0.4 is 10.5 Å². The van der Waals surface area contributed by atoms with Crippen LogP contribution in [0.3, 0.4) is 0 Å². The Morgan fingerprint density at radius 2 is 1.71 bits per heavy atom. The van der Waals surface area contributed by atoms with Crippen molar-refractivity contribution in [2.24, 2.45) is 5.73 Å². The molecule has 0 aliphatic rings. The number of benzene rings is 2. The molecule has 0 aliphatic heterocycles. The second kappa shape index (κ2) is 6.93. The van der Waals surface area contributed by atoms with Gasteiger partial charge in [0, 0.05) is 5.56 Å². The van der Waals surface area contributed by atoms with E-state index in [0.29, 0.717) is 6.61 Å². The van der Waals surface area contributed by atoms with Gasteiger partial charge in [0.05, 0.1) is 6.61 Å². The normalized spacial score (nSPS) is 10.4. The fourth-order valence-electron chi connectivity index (χ4n) is 2.36. The number of aryl methyl sites for hydroxylation is 1. The van der Waals surface area contributed by atoms with Gasteiger partial charge in [-0.25, -0.2) is 0 Å². The molecule has 0 saturated carbocycles. The molecule has 0 saturated heterocycles. The third-order valence-corrected chi connectivity index (χ3v) is 3.41. The molecule has 0 heterocycles. The van der Waals surface area contributed by atoms with Crippen LogP contribution in [0.5, 0.6) is 5.75 Å². The largest absolute Gasteiger partial charge is 0.494 e. The molecular formula is C18H22N2O. The lowest BCUT2D eigenvalue weighted by atomic mass is 9.99. The smallest absolute Gasteiger partial charge is 0.122 e. The topological polar surface area (TPSA) is 59.1 Å². The highest BCUT2D eigenvalue weighted by Gasteiger charge is 2.06. The van der Waals surface area contributed by atoms with Crippen molar-refractivity contribution in [2.75, 3.05) is 6.61 Å². The van der Waals surface area contributed by atoms with E-state index in [4.69, 9.17) is 15.9 Å². The molecule has 0 radical (unpaired) electrons. The second-order valence-corrected chi connectivity index (χ2v) is 5.00. The SMILES string of the molecule is CCCc1cc(-c2ccc(C(=N)N)cc2)ccc1OCC. The lowest BCUT2D eigenvalue weighted by Gasteiger charge is -2.12. The summed E-state index contributed by atoms with van der Waals surface area (Å²) in [5.41, 5.74) is 9.77. The standard InChI is InChI=1S/C18H22N2O/c1-3-5-16-12-15(10-11-17(16)21-4-2)13-6-8-14(9-7-13)18(19)20/h6-12H,3-5H2,1-2H3,(H3,19,20). The summed E-state index contributed by atoms with van der Waals surface area (Å²) in [6.07, 6.45) is 2.10. The average Bonchev–Trinajstić information content (AvgIpc) is 2.49. The summed E-state index contributed by atoms with van der Waals surface area (Å²) in [7, 11) is 0. The van der Waals surface area contributed by atoms with Gasteiger partial charge in [0.25, 0.3) is 0 Å². The second-order valence-electron chi connectivity index (χ2n) is 5.00. The van der Waals surface area contributed by atoms with Crippen LogP contribution in [0.1, 0.15) is 31.4 Å². The van der Waals surface area contributed by atoms with Gasteiger partial charge in [0.15, 0.2) is 0 Å². The number of hydrogen-bond acceptors (Lipinski definition) is 2. The number of nitrogens with one attached hydrogen (secondary N) is 1. The van der Waals surface area contributed by atoms with Crippen molar-refractivity contribution in [1.82, 2.24) is 0 Å². The maximum Gasteiger partial charge on any atom is 0.122 e. The van der Waals surface area contributed by atoms with Crippen LogP contribution in [0.2, 0.25) is 0 Å². The van der Waals surface area contributed by atoms with Crippen LogP contribution in [0.4, 0.5) is 0 Å². The molecule has 0 bridgehead atoms. The van der Waals surface area contributed by atoms with E-state index in [1.807, 2.05) is 37.3 Å². The lowest BCUT2D eigenvalue weighted by molar-refractivity contribution is 0.336. The molecule has 0 unspecified atom stereocenters. The van der Waals surface area contributed by atoms with Crippen LogP contribution in [0, 0.1) is 5.41 Å². The zero-order valence-corrected chi connectivity index (χ0v) is 12.6. The van der Waals surface area contributed by atoms with Crippen molar-refractivity contribution in [3.05, 3.63) is 53.6 Å². The van der Waals surface area contributed by atoms with Crippen molar-refractivity contribution < 1.29 is 4.74 Å². The fraction of sp³-hybridized carbons (Fsp3) is 0.278. The highest BCUT2D eigenvalue weighted by Crippen LogP contribution is 2.28. The van der Waals surface area contributed by atoms with Crippen LogP contribution >= 0.6 is 0 Å². The summed E-state index contributed by atoms with van der Waals surface area (Å²) >= 11 is 0. The number of nitrogens with two attached hydrogens (primary N) is 1. The summed E-state index contributed by atoms with van der Waals surface area (Å²) in [5, 5.41) is 7.43. The highest BCUT2D eigenvalue weighted by atomic mass is 16.5. The van der Waals surface area contributed by atoms with E-state index in [0.717, 1.165) is 35.3 Å². The molecule has 3 heteroatoms. The van der Waals surface area contributed by atoms with Gasteiger partial charge in [0.1, 0.15) is 11.6 Å². The first kappa shape index (κ1) is 15.1. The lowest BCUT2D eigenvalue weighted by Crippen LogP contribution is -2.10. The molecule has 0 atom stereocenters. The summed E-state index contributed by atoms with van der Waals surface area (Å²) in [6.45, 7) is 4.86. The van der Waals surface area contributed by atoms with E-state index in [1.165, 1.54) is 5.56 Å². The monoisotopic (exact) mass is 282 g/mol. The van der Waals surface area contributed by atoms with E-state index < -0.39 is 0 Å². The predicted molar refractivity (Wildman–Crippen MR) is 88.1 cm³/mol. The van der Waals surface area contributed by atoms with E-state index in [1.54, 1.807) is 0 Å². The van der Waals surface area contributed by atoms with Crippen molar-refractivity contribution in [3.63, 3.8) is 0 Å². The third kappa shape index (κ3) is 3.63. The summed E-state index contributed by atoms with van der Waals surface area (Å²) < 4.78 is 5.69. The quantitative estimate of drug-likeness (QED) is 0.621. The van der Waals surface area contributed by atoms with Crippen LogP contribution in [-0.2, 0) is 6.42 Å². The van der Waals surface area contributed by atoms with Gasteiger partial charge in [-0.2, -0.15) is 0 Å². The van der Waals surface area contributed by atoms with Gasteiger partial charge in [-0.05, 0) is 42.2 Å². The molecule has 0 spiro atoms. The molecule has 0 aromatic heterocycles. The number of ether oxygens (including phenoxy) is 1. The Hall–Kier alpha value is -2.29. The number of amidine groups is 1. The summed E-state index contributed by atoms with van der Waals surface area (Å²) in [5.74, 6) is 1.07. The van der Waals surface area contributed by atoms with Gasteiger partial charge in [-0.3, -0.25) is 5.41 Å². The summed E-state index contributed by atoms with van der Waals surface area (Å²) in [4.78, 5) is 0. The van der Waals surface area contributed by atoms with Crippen LogP contribution in [0.25, 0.3) is 11.1 Å². The summed E-state index contributed by atoms with van der Waals surface area (Å²) in [6, 6.07) is 14.1. The van der Waals surface area contributed by atoms with E-state index >= 15 is 0 Å². The molecule has 3 nitrogen and oxygen atoms in total.